The molecule has 1 aromatic carbocycles. The summed E-state index contributed by atoms with van der Waals surface area (Å²) >= 11 is 1.81. The first-order valence-electron chi connectivity index (χ1n) is 7.74. The predicted octanol–water partition coefficient (Wildman–Crippen LogP) is 4.98. The molecule has 0 saturated carbocycles. The fourth-order valence-corrected chi connectivity index (χ4v) is 4.39. The fraction of sp³-hybridized carbons (Fsp3) is 0.333. The number of hydrogen-bond acceptors (Lipinski definition) is 4. The maximum atomic E-state index is 6.13. The Morgan fingerprint density at radius 3 is 2.82 bits per heavy atom. The summed E-state index contributed by atoms with van der Waals surface area (Å²) in [6.07, 6.45) is 4.81. The number of ether oxygens (including phenoxy) is 1. The molecule has 0 bridgehead atoms. The molecule has 3 nitrogen and oxygen atoms in total. The van der Waals surface area contributed by atoms with E-state index in [0.717, 1.165) is 28.2 Å². The molecule has 0 N–H and O–H groups in total. The Morgan fingerprint density at radius 2 is 1.95 bits per heavy atom. The summed E-state index contributed by atoms with van der Waals surface area (Å²) < 4.78 is 6.13. The van der Waals surface area contributed by atoms with Crippen molar-refractivity contribution in [3.05, 3.63) is 46.1 Å². The van der Waals surface area contributed by atoms with E-state index in [1.807, 2.05) is 36.5 Å². The van der Waals surface area contributed by atoms with Crippen LogP contribution in [0.1, 0.15) is 34.7 Å². The summed E-state index contributed by atoms with van der Waals surface area (Å²) in [5.41, 5.74) is 2.60. The van der Waals surface area contributed by atoms with Gasteiger partial charge < -0.3 is 4.74 Å². The molecule has 1 aliphatic rings. The van der Waals surface area contributed by atoms with E-state index in [0.29, 0.717) is 5.88 Å². The average Bonchev–Trinajstić information content (AvgIpc) is 2.85. The minimum Gasteiger partial charge on any atom is -0.438 e. The van der Waals surface area contributed by atoms with E-state index in [9.17, 15) is 0 Å². The Labute approximate surface area is 134 Å². The molecular weight excluding hydrogens is 292 g/mol. The topological polar surface area (TPSA) is 35.0 Å². The number of aromatic nitrogens is 2. The number of thiophene rings is 1. The third-order valence-electron chi connectivity index (χ3n) is 4.10. The zero-order chi connectivity index (χ0) is 15.1. The summed E-state index contributed by atoms with van der Waals surface area (Å²) in [7, 11) is 0. The maximum absolute atomic E-state index is 6.13. The molecule has 22 heavy (non-hydrogen) atoms. The second-order valence-corrected chi connectivity index (χ2v) is 6.97. The molecular formula is C18H18N2OS. The molecule has 0 aliphatic heterocycles. The van der Waals surface area contributed by atoms with Gasteiger partial charge in [0.1, 0.15) is 16.4 Å². The van der Waals surface area contributed by atoms with Crippen molar-refractivity contribution in [2.75, 3.05) is 0 Å². The molecule has 112 valence electrons. The van der Waals surface area contributed by atoms with Crippen LogP contribution in [0.25, 0.3) is 10.2 Å². The van der Waals surface area contributed by atoms with Crippen LogP contribution in [0.2, 0.25) is 0 Å². The second kappa shape index (κ2) is 5.36. The van der Waals surface area contributed by atoms with Gasteiger partial charge in [0.2, 0.25) is 5.88 Å². The van der Waals surface area contributed by atoms with E-state index in [-0.39, 0.29) is 0 Å². The Balaban J connectivity index is 1.87. The quantitative estimate of drug-likeness (QED) is 0.669. The number of aryl methyl sites for hydroxylation is 4. The summed E-state index contributed by atoms with van der Waals surface area (Å²) in [5, 5.41) is 1.13. The van der Waals surface area contributed by atoms with Gasteiger partial charge in [-0.15, -0.1) is 11.3 Å². The third-order valence-corrected chi connectivity index (χ3v) is 5.28. The van der Waals surface area contributed by atoms with Gasteiger partial charge in [0, 0.05) is 4.88 Å². The number of fused-ring (bicyclic) bond motifs is 3. The monoisotopic (exact) mass is 310 g/mol. The van der Waals surface area contributed by atoms with Gasteiger partial charge >= 0.3 is 0 Å². The van der Waals surface area contributed by atoms with Gasteiger partial charge in [0.15, 0.2) is 0 Å². The molecule has 0 saturated heterocycles. The van der Waals surface area contributed by atoms with Gasteiger partial charge in [-0.25, -0.2) is 4.98 Å². The van der Waals surface area contributed by atoms with Gasteiger partial charge in [-0.2, -0.15) is 4.98 Å². The van der Waals surface area contributed by atoms with E-state index in [2.05, 4.69) is 23.0 Å². The van der Waals surface area contributed by atoms with Gasteiger partial charge in [0.05, 0.1) is 5.39 Å². The van der Waals surface area contributed by atoms with Crippen LogP contribution in [0.4, 0.5) is 0 Å². The van der Waals surface area contributed by atoms with Crippen molar-refractivity contribution in [2.45, 2.75) is 39.5 Å². The van der Waals surface area contributed by atoms with Crippen molar-refractivity contribution in [1.82, 2.24) is 9.97 Å². The minimum absolute atomic E-state index is 0.715. The summed E-state index contributed by atoms with van der Waals surface area (Å²) in [5.74, 6) is 2.33. The lowest BCUT2D eigenvalue weighted by atomic mass is 9.97. The molecule has 0 unspecified atom stereocenters. The van der Waals surface area contributed by atoms with Crippen LogP contribution in [0.3, 0.4) is 0 Å². The summed E-state index contributed by atoms with van der Waals surface area (Å²) in [6, 6.07) is 8.11. The first kappa shape index (κ1) is 13.7. The van der Waals surface area contributed by atoms with Crippen molar-refractivity contribution < 1.29 is 4.74 Å². The molecule has 1 aliphatic carbocycles. The zero-order valence-electron chi connectivity index (χ0n) is 12.8. The van der Waals surface area contributed by atoms with Crippen LogP contribution >= 0.6 is 11.3 Å². The highest BCUT2D eigenvalue weighted by atomic mass is 32.1. The molecule has 0 spiro atoms. The van der Waals surface area contributed by atoms with Crippen LogP contribution in [0.15, 0.2) is 24.3 Å². The van der Waals surface area contributed by atoms with Gasteiger partial charge in [-0.3, -0.25) is 0 Å². The molecule has 0 radical (unpaired) electrons. The lowest BCUT2D eigenvalue weighted by Gasteiger charge is -2.12. The molecule has 2 aromatic heterocycles. The molecule has 0 atom stereocenters. The Bertz CT molecular complexity index is 854. The predicted molar refractivity (Wildman–Crippen MR) is 90.0 cm³/mol. The Morgan fingerprint density at radius 1 is 1.09 bits per heavy atom. The van der Waals surface area contributed by atoms with Crippen LogP contribution in [-0.2, 0) is 12.8 Å². The normalized spacial score (nSPS) is 14.1. The molecule has 0 amide bonds. The number of benzene rings is 1. The first-order valence-corrected chi connectivity index (χ1v) is 8.56. The van der Waals surface area contributed by atoms with E-state index < -0.39 is 0 Å². The fourth-order valence-electron chi connectivity index (χ4n) is 3.09. The third kappa shape index (κ3) is 2.37. The highest BCUT2D eigenvalue weighted by Gasteiger charge is 2.21. The largest absolute Gasteiger partial charge is 0.438 e. The number of hydrogen-bond donors (Lipinski definition) is 0. The Hall–Kier alpha value is -1.94. The van der Waals surface area contributed by atoms with Crippen LogP contribution < -0.4 is 4.74 Å². The zero-order valence-corrected chi connectivity index (χ0v) is 13.7. The number of nitrogens with zero attached hydrogens (tertiary/aromatic N) is 2. The molecule has 3 aromatic rings. The van der Waals surface area contributed by atoms with Crippen molar-refractivity contribution in [1.29, 1.82) is 0 Å². The Kier molecular flexibility index (Phi) is 3.34. The van der Waals surface area contributed by atoms with Crippen LogP contribution in [0, 0.1) is 13.8 Å². The van der Waals surface area contributed by atoms with Gasteiger partial charge in [-0.1, -0.05) is 12.1 Å². The van der Waals surface area contributed by atoms with Gasteiger partial charge in [0.25, 0.3) is 0 Å². The second-order valence-electron chi connectivity index (χ2n) is 5.89. The van der Waals surface area contributed by atoms with E-state index in [1.54, 1.807) is 0 Å². The van der Waals surface area contributed by atoms with Crippen molar-refractivity contribution in [3.8, 4) is 11.6 Å². The number of rotatable bonds is 2. The van der Waals surface area contributed by atoms with E-state index in [1.165, 1.54) is 35.3 Å². The van der Waals surface area contributed by atoms with Crippen LogP contribution in [0.5, 0.6) is 11.6 Å². The lowest BCUT2D eigenvalue weighted by molar-refractivity contribution is 0.466. The van der Waals surface area contributed by atoms with Gasteiger partial charge in [-0.05, 0) is 62.8 Å². The molecule has 2 heterocycles. The smallest absolute Gasteiger partial charge is 0.231 e. The lowest BCUT2D eigenvalue weighted by Crippen LogP contribution is -2.00. The molecule has 0 fully saturated rings. The standard InChI is InChI=1S/C18H18N2OS/c1-11-6-5-7-13(10-11)21-17-16-14-8-3-4-9-15(14)22-18(16)20-12(2)19-17/h5-7,10H,3-4,8-9H2,1-2H3. The maximum Gasteiger partial charge on any atom is 0.231 e. The van der Waals surface area contributed by atoms with E-state index >= 15 is 0 Å². The SMILES string of the molecule is Cc1cccc(Oc2nc(C)nc3sc4c(c23)CCCC4)c1. The minimum atomic E-state index is 0.715. The van der Waals surface area contributed by atoms with Crippen molar-refractivity contribution in [2.24, 2.45) is 0 Å². The summed E-state index contributed by atoms with van der Waals surface area (Å²) in [6.45, 7) is 4.00. The first-order chi connectivity index (χ1) is 10.7. The highest BCUT2D eigenvalue weighted by Crippen LogP contribution is 2.40. The molecule has 4 rings (SSSR count). The van der Waals surface area contributed by atoms with E-state index in [4.69, 9.17) is 4.74 Å². The average molecular weight is 310 g/mol. The van der Waals surface area contributed by atoms with Crippen LogP contribution in [-0.4, -0.2) is 9.97 Å². The molecule has 4 heteroatoms. The van der Waals surface area contributed by atoms with Crippen molar-refractivity contribution in [3.63, 3.8) is 0 Å². The van der Waals surface area contributed by atoms with Crippen molar-refractivity contribution >= 4 is 21.6 Å². The summed E-state index contributed by atoms with van der Waals surface area (Å²) in [4.78, 5) is 11.7. The highest BCUT2D eigenvalue weighted by molar-refractivity contribution is 7.18.